The number of pyridine rings is 1. The van der Waals surface area contributed by atoms with Gasteiger partial charge in [-0.25, -0.2) is 9.98 Å². The van der Waals surface area contributed by atoms with Gasteiger partial charge < -0.3 is 5.32 Å². The number of aromatic nitrogens is 3. The summed E-state index contributed by atoms with van der Waals surface area (Å²) in [5.74, 6) is 0.988. The minimum Gasteiger partial charge on any atom is -0.326 e. The summed E-state index contributed by atoms with van der Waals surface area (Å²) in [6, 6.07) is 13.4. The number of aliphatic imine (C=N–C) groups is 1. The van der Waals surface area contributed by atoms with Gasteiger partial charge in [0.05, 0.1) is 0 Å². The molecule has 7 nitrogen and oxygen atoms in total. The fourth-order valence-electron chi connectivity index (χ4n) is 3.02. The van der Waals surface area contributed by atoms with E-state index in [0.717, 1.165) is 17.7 Å². The first-order valence-electron chi connectivity index (χ1n) is 8.85. The monoisotopic (exact) mass is 360 g/mol. The molecular formula is C20H20N6O. The Balaban J connectivity index is 1.74. The molecule has 0 fully saturated rings. The summed E-state index contributed by atoms with van der Waals surface area (Å²) in [6.45, 7) is 3.92. The van der Waals surface area contributed by atoms with E-state index in [1.807, 2.05) is 24.3 Å². The lowest BCUT2D eigenvalue weighted by Gasteiger charge is -2.26. The highest BCUT2D eigenvalue weighted by Crippen LogP contribution is 2.25. The number of benzene rings is 1. The van der Waals surface area contributed by atoms with Crippen LogP contribution in [0.5, 0.6) is 0 Å². The normalized spacial score (nSPS) is 15.5. The molecule has 27 heavy (non-hydrogen) atoms. The number of hydrogen-bond donors (Lipinski definition) is 2. The topological polar surface area (TPSA) is 84.2 Å². The van der Waals surface area contributed by atoms with Gasteiger partial charge in [0.1, 0.15) is 0 Å². The average molecular weight is 360 g/mol. The molecule has 1 aliphatic rings. The lowest BCUT2D eigenvalue weighted by atomic mass is 10.1. The van der Waals surface area contributed by atoms with E-state index in [2.05, 4.69) is 39.7 Å². The SMILES string of the molecule is CCc1ccc(NC2=N[C@H](c3cccnc3)n3c(nc(C)cc3=O)N2)cc1. The van der Waals surface area contributed by atoms with Crippen LogP contribution in [0.1, 0.15) is 29.9 Å². The van der Waals surface area contributed by atoms with Gasteiger partial charge in [0.25, 0.3) is 5.56 Å². The minimum absolute atomic E-state index is 0.158. The molecule has 0 bridgehead atoms. The van der Waals surface area contributed by atoms with Gasteiger partial charge in [-0.1, -0.05) is 25.1 Å². The van der Waals surface area contributed by atoms with Crippen molar-refractivity contribution >= 4 is 17.6 Å². The zero-order valence-electron chi connectivity index (χ0n) is 15.2. The molecular weight excluding hydrogens is 340 g/mol. The number of hydrogen-bond acceptors (Lipinski definition) is 6. The van der Waals surface area contributed by atoms with Gasteiger partial charge in [0.2, 0.25) is 11.9 Å². The van der Waals surface area contributed by atoms with Gasteiger partial charge in [-0.3, -0.25) is 19.7 Å². The summed E-state index contributed by atoms with van der Waals surface area (Å²) in [6.07, 6.45) is 3.86. The molecule has 1 aliphatic heterocycles. The molecule has 0 saturated carbocycles. The Bertz CT molecular complexity index is 1040. The smallest absolute Gasteiger partial charge is 0.257 e. The van der Waals surface area contributed by atoms with Crippen LogP contribution in [-0.4, -0.2) is 20.5 Å². The number of nitrogens with zero attached hydrogens (tertiary/aromatic N) is 4. The second-order valence-corrected chi connectivity index (χ2v) is 6.37. The van der Waals surface area contributed by atoms with E-state index in [1.54, 1.807) is 19.3 Å². The van der Waals surface area contributed by atoms with Gasteiger partial charge in [0, 0.05) is 35.4 Å². The Morgan fingerprint density at radius 2 is 2.04 bits per heavy atom. The van der Waals surface area contributed by atoms with Crippen LogP contribution in [0.15, 0.2) is 64.6 Å². The maximum absolute atomic E-state index is 12.6. The van der Waals surface area contributed by atoms with Crippen LogP contribution in [0.4, 0.5) is 11.6 Å². The summed E-state index contributed by atoms with van der Waals surface area (Å²) in [7, 11) is 0. The third-order valence-corrected chi connectivity index (χ3v) is 4.41. The quantitative estimate of drug-likeness (QED) is 0.750. The third-order valence-electron chi connectivity index (χ3n) is 4.41. The second kappa shape index (κ2) is 7.03. The van der Waals surface area contributed by atoms with Gasteiger partial charge in [-0.05, 0) is 37.1 Å². The Morgan fingerprint density at radius 1 is 1.22 bits per heavy atom. The highest BCUT2D eigenvalue weighted by atomic mass is 16.1. The van der Waals surface area contributed by atoms with E-state index in [1.165, 1.54) is 16.2 Å². The number of nitrogens with one attached hydrogen (secondary N) is 2. The molecule has 1 aromatic carbocycles. The second-order valence-electron chi connectivity index (χ2n) is 6.37. The largest absolute Gasteiger partial charge is 0.326 e. The molecule has 0 amide bonds. The summed E-state index contributed by atoms with van der Waals surface area (Å²) in [5, 5.41) is 6.40. The van der Waals surface area contributed by atoms with Crippen LogP contribution in [-0.2, 0) is 6.42 Å². The molecule has 136 valence electrons. The van der Waals surface area contributed by atoms with Crippen molar-refractivity contribution in [1.82, 2.24) is 14.5 Å². The van der Waals surface area contributed by atoms with Gasteiger partial charge >= 0.3 is 0 Å². The molecule has 0 radical (unpaired) electrons. The van der Waals surface area contributed by atoms with E-state index in [4.69, 9.17) is 4.99 Å². The average Bonchev–Trinajstić information content (AvgIpc) is 2.68. The van der Waals surface area contributed by atoms with E-state index in [-0.39, 0.29) is 5.56 Å². The van der Waals surface area contributed by atoms with Crippen molar-refractivity contribution in [3.05, 3.63) is 82.0 Å². The lowest BCUT2D eigenvalue weighted by Crippen LogP contribution is -2.37. The zero-order chi connectivity index (χ0) is 18.8. The van der Waals surface area contributed by atoms with E-state index in [0.29, 0.717) is 17.6 Å². The molecule has 2 aromatic heterocycles. The number of fused-ring (bicyclic) bond motifs is 1. The highest BCUT2D eigenvalue weighted by Gasteiger charge is 2.25. The van der Waals surface area contributed by atoms with Gasteiger partial charge in [-0.15, -0.1) is 0 Å². The number of aryl methyl sites for hydroxylation is 2. The Kier molecular flexibility index (Phi) is 4.42. The molecule has 0 spiro atoms. The molecule has 3 heterocycles. The summed E-state index contributed by atoms with van der Waals surface area (Å²) in [4.78, 5) is 25.9. The molecule has 2 N–H and O–H groups in total. The van der Waals surface area contributed by atoms with Gasteiger partial charge in [0.15, 0.2) is 6.17 Å². The van der Waals surface area contributed by atoms with Crippen LogP contribution in [0.3, 0.4) is 0 Å². The van der Waals surface area contributed by atoms with Gasteiger partial charge in [-0.2, -0.15) is 0 Å². The molecule has 4 rings (SSSR count). The standard InChI is InChI=1S/C20H20N6O/c1-3-14-6-8-16(9-7-14)23-19-24-18(15-5-4-10-21-12-15)26-17(27)11-13(2)22-20(26)25-19/h4-12,18H,3H2,1-2H3,(H2,22,23,24,25)/t18-/m0/s1. The van der Waals surface area contributed by atoms with Crippen LogP contribution < -0.4 is 16.2 Å². The fraction of sp³-hybridized carbons (Fsp3) is 0.200. The summed E-state index contributed by atoms with van der Waals surface area (Å²) < 4.78 is 1.54. The summed E-state index contributed by atoms with van der Waals surface area (Å²) >= 11 is 0. The third kappa shape index (κ3) is 3.44. The molecule has 0 aliphatic carbocycles. The van der Waals surface area contributed by atoms with Crippen LogP contribution in [0.25, 0.3) is 0 Å². The van der Waals surface area contributed by atoms with Crippen molar-refractivity contribution < 1.29 is 0 Å². The maximum atomic E-state index is 12.6. The first kappa shape index (κ1) is 17.0. The predicted molar refractivity (Wildman–Crippen MR) is 106 cm³/mol. The van der Waals surface area contributed by atoms with Crippen molar-refractivity contribution in [2.24, 2.45) is 4.99 Å². The van der Waals surface area contributed by atoms with Crippen molar-refractivity contribution in [3.63, 3.8) is 0 Å². The van der Waals surface area contributed by atoms with E-state index >= 15 is 0 Å². The Morgan fingerprint density at radius 3 is 2.74 bits per heavy atom. The highest BCUT2D eigenvalue weighted by molar-refractivity contribution is 6.03. The first-order chi connectivity index (χ1) is 13.1. The Labute approximate surface area is 156 Å². The fourth-order valence-corrected chi connectivity index (χ4v) is 3.02. The summed E-state index contributed by atoms with van der Waals surface area (Å²) in [5.41, 5.74) is 3.48. The van der Waals surface area contributed by atoms with Crippen molar-refractivity contribution in [3.8, 4) is 0 Å². The van der Waals surface area contributed by atoms with Crippen LogP contribution in [0.2, 0.25) is 0 Å². The Hall–Kier alpha value is -3.48. The van der Waals surface area contributed by atoms with Crippen molar-refractivity contribution in [2.45, 2.75) is 26.4 Å². The molecule has 3 aromatic rings. The number of guanidine groups is 1. The molecule has 0 unspecified atom stereocenters. The minimum atomic E-state index is -0.534. The first-order valence-corrected chi connectivity index (χ1v) is 8.85. The van der Waals surface area contributed by atoms with E-state index < -0.39 is 6.17 Å². The number of anilines is 2. The number of rotatable bonds is 3. The van der Waals surface area contributed by atoms with Crippen molar-refractivity contribution in [2.75, 3.05) is 10.6 Å². The predicted octanol–water partition coefficient (Wildman–Crippen LogP) is 2.95. The van der Waals surface area contributed by atoms with Crippen LogP contribution >= 0.6 is 0 Å². The molecule has 0 saturated heterocycles. The van der Waals surface area contributed by atoms with Crippen molar-refractivity contribution in [1.29, 1.82) is 0 Å². The maximum Gasteiger partial charge on any atom is 0.257 e. The molecule has 1 atom stereocenters. The zero-order valence-corrected chi connectivity index (χ0v) is 15.2. The van der Waals surface area contributed by atoms with Crippen LogP contribution in [0, 0.1) is 6.92 Å². The van der Waals surface area contributed by atoms with E-state index in [9.17, 15) is 4.79 Å². The molecule has 7 heteroatoms. The lowest BCUT2D eigenvalue weighted by molar-refractivity contribution is 0.575.